The summed E-state index contributed by atoms with van der Waals surface area (Å²) in [5, 5.41) is 12.8. The minimum atomic E-state index is -0.109. The van der Waals surface area contributed by atoms with Gasteiger partial charge < -0.3 is 15.0 Å². The summed E-state index contributed by atoms with van der Waals surface area (Å²) >= 11 is 0. The van der Waals surface area contributed by atoms with E-state index in [-0.39, 0.29) is 18.6 Å². The van der Waals surface area contributed by atoms with E-state index in [4.69, 9.17) is 0 Å². The zero-order chi connectivity index (χ0) is 26.6. The number of hydrogen-bond acceptors (Lipinski definition) is 3. The third-order valence-electron chi connectivity index (χ3n) is 7.11. The lowest BCUT2D eigenvalue weighted by Gasteiger charge is -2.16. The molecular weight excluding hydrogens is 470 g/mol. The number of aromatic nitrogens is 2. The monoisotopic (exact) mass is 503 g/mol. The van der Waals surface area contributed by atoms with Gasteiger partial charge in [0.1, 0.15) is 0 Å². The first-order valence-corrected chi connectivity index (χ1v) is 13.1. The van der Waals surface area contributed by atoms with E-state index in [1.165, 1.54) is 5.56 Å². The van der Waals surface area contributed by atoms with Crippen molar-refractivity contribution in [2.45, 2.75) is 45.9 Å². The molecule has 1 aromatic heterocycles. The summed E-state index contributed by atoms with van der Waals surface area (Å²) in [5.41, 5.74) is 8.92. The average molecular weight is 504 g/mol. The SMILES string of the molecule is CC(C)c1cccc(C(C)NC(=O)c2ccc3c(c2)ncn3Cc2ccc(-c3ccccc3CO)cc2)c1. The van der Waals surface area contributed by atoms with E-state index in [9.17, 15) is 9.90 Å². The second kappa shape index (κ2) is 11.0. The van der Waals surface area contributed by atoms with Gasteiger partial charge in [0.2, 0.25) is 0 Å². The second-order valence-electron chi connectivity index (χ2n) is 10.1. The predicted octanol–water partition coefficient (Wildman–Crippen LogP) is 6.86. The molecule has 0 fully saturated rings. The smallest absolute Gasteiger partial charge is 0.251 e. The maximum Gasteiger partial charge on any atom is 0.251 e. The van der Waals surface area contributed by atoms with Crippen LogP contribution in [0.5, 0.6) is 0 Å². The van der Waals surface area contributed by atoms with Crippen molar-refractivity contribution < 1.29 is 9.90 Å². The number of aliphatic hydroxyl groups is 1. The molecule has 0 aliphatic carbocycles. The molecule has 5 rings (SSSR count). The van der Waals surface area contributed by atoms with Gasteiger partial charge in [0.25, 0.3) is 5.91 Å². The van der Waals surface area contributed by atoms with Crippen LogP contribution in [0.3, 0.4) is 0 Å². The van der Waals surface area contributed by atoms with Crippen LogP contribution in [-0.2, 0) is 13.2 Å². The first kappa shape index (κ1) is 25.4. The number of carbonyl (C=O) groups is 1. The van der Waals surface area contributed by atoms with Gasteiger partial charge in [-0.05, 0) is 64.4 Å². The molecule has 5 heteroatoms. The third-order valence-corrected chi connectivity index (χ3v) is 7.11. The summed E-state index contributed by atoms with van der Waals surface area (Å²) < 4.78 is 2.09. The first-order chi connectivity index (χ1) is 18.4. The normalized spacial score (nSPS) is 12.1. The molecule has 0 spiro atoms. The van der Waals surface area contributed by atoms with E-state index in [0.717, 1.165) is 38.9 Å². The van der Waals surface area contributed by atoms with Gasteiger partial charge in [0.15, 0.2) is 0 Å². The van der Waals surface area contributed by atoms with Gasteiger partial charge >= 0.3 is 0 Å². The fourth-order valence-corrected chi connectivity index (χ4v) is 4.81. The van der Waals surface area contributed by atoms with Crippen molar-refractivity contribution in [3.05, 3.63) is 125 Å². The molecule has 1 amide bonds. The van der Waals surface area contributed by atoms with Crippen LogP contribution in [0, 0.1) is 0 Å². The number of carbonyl (C=O) groups excluding carboxylic acids is 1. The minimum absolute atomic E-state index is 0.0171. The van der Waals surface area contributed by atoms with Crippen LogP contribution in [-0.4, -0.2) is 20.6 Å². The van der Waals surface area contributed by atoms with Crippen LogP contribution in [0.1, 0.15) is 65.3 Å². The lowest BCUT2D eigenvalue weighted by Crippen LogP contribution is -2.26. The van der Waals surface area contributed by atoms with Crippen LogP contribution in [0.25, 0.3) is 22.2 Å². The van der Waals surface area contributed by atoms with Crippen LogP contribution in [0.4, 0.5) is 0 Å². The summed E-state index contributed by atoms with van der Waals surface area (Å²) in [5.74, 6) is 0.332. The highest BCUT2D eigenvalue weighted by atomic mass is 16.3. The van der Waals surface area contributed by atoms with Gasteiger partial charge in [-0.3, -0.25) is 4.79 Å². The molecule has 1 heterocycles. The molecule has 1 atom stereocenters. The van der Waals surface area contributed by atoms with Crippen molar-refractivity contribution in [3.63, 3.8) is 0 Å². The highest BCUT2D eigenvalue weighted by Gasteiger charge is 2.14. The quantitative estimate of drug-likeness (QED) is 0.243. The molecule has 4 aromatic carbocycles. The lowest BCUT2D eigenvalue weighted by molar-refractivity contribution is 0.0940. The van der Waals surface area contributed by atoms with Crippen molar-refractivity contribution in [1.82, 2.24) is 14.9 Å². The van der Waals surface area contributed by atoms with Crippen molar-refractivity contribution >= 4 is 16.9 Å². The predicted molar refractivity (Wildman–Crippen MR) is 153 cm³/mol. The fraction of sp³-hybridized carbons (Fsp3) is 0.212. The van der Waals surface area contributed by atoms with Crippen LogP contribution in [0.15, 0.2) is 97.3 Å². The fourth-order valence-electron chi connectivity index (χ4n) is 4.81. The minimum Gasteiger partial charge on any atom is -0.392 e. The molecule has 5 aromatic rings. The summed E-state index contributed by atoms with van der Waals surface area (Å²) in [6.45, 7) is 7.04. The molecule has 0 radical (unpaired) electrons. The van der Waals surface area contributed by atoms with E-state index in [1.54, 1.807) is 0 Å². The molecule has 0 aliphatic heterocycles. The van der Waals surface area contributed by atoms with Gasteiger partial charge in [0.05, 0.1) is 30.0 Å². The number of benzene rings is 4. The Hall–Kier alpha value is -4.22. The summed E-state index contributed by atoms with van der Waals surface area (Å²) in [6.07, 6.45) is 1.82. The highest BCUT2D eigenvalue weighted by Crippen LogP contribution is 2.25. The van der Waals surface area contributed by atoms with Crippen molar-refractivity contribution in [2.75, 3.05) is 0 Å². The number of aliphatic hydroxyl groups excluding tert-OH is 1. The standard InChI is InChI=1S/C33H33N3O2/c1-22(2)26-8-6-9-27(17-26)23(3)35-33(38)28-15-16-32-31(18-28)34-21-36(32)19-24-11-13-25(14-12-24)30-10-5-4-7-29(30)20-37/h4-18,21-23,37H,19-20H2,1-3H3,(H,35,38). The molecule has 0 saturated carbocycles. The topological polar surface area (TPSA) is 67.2 Å². The zero-order valence-electron chi connectivity index (χ0n) is 22.1. The zero-order valence-corrected chi connectivity index (χ0v) is 22.1. The van der Waals surface area contributed by atoms with Crippen LogP contribution in [0.2, 0.25) is 0 Å². The first-order valence-electron chi connectivity index (χ1n) is 13.1. The van der Waals surface area contributed by atoms with Crippen LogP contribution < -0.4 is 5.32 Å². The number of imidazole rings is 1. The number of amides is 1. The molecule has 0 bridgehead atoms. The van der Waals surface area contributed by atoms with E-state index in [1.807, 2.05) is 61.8 Å². The molecule has 38 heavy (non-hydrogen) atoms. The Labute approximate surface area is 223 Å². The van der Waals surface area contributed by atoms with Gasteiger partial charge in [-0.25, -0.2) is 4.98 Å². The molecular formula is C33H33N3O2. The number of rotatable bonds is 8. The second-order valence-corrected chi connectivity index (χ2v) is 10.1. The summed E-state index contributed by atoms with van der Waals surface area (Å²) in [6, 6.07) is 30.3. The Bertz CT molecular complexity index is 1570. The number of fused-ring (bicyclic) bond motifs is 1. The molecule has 0 aliphatic rings. The largest absolute Gasteiger partial charge is 0.392 e. The Kier molecular flexibility index (Phi) is 7.38. The molecule has 5 nitrogen and oxygen atoms in total. The van der Waals surface area contributed by atoms with Crippen molar-refractivity contribution in [2.24, 2.45) is 0 Å². The molecule has 2 N–H and O–H groups in total. The average Bonchev–Trinajstić information content (AvgIpc) is 3.35. The Morgan fingerprint density at radius 1 is 0.895 bits per heavy atom. The Balaban J connectivity index is 1.29. The maximum absolute atomic E-state index is 13.0. The van der Waals surface area contributed by atoms with E-state index < -0.39 is 0 Å². The van der Waals surface area contributed by atoms with Gasteiger partial charge in [-0.1, -0.05) is 86.6 Å². The van der Waals surface area contributed by atoms with Gasteiger partial charge in [0, 0.05) is 12.1 Å². The van der Waals surface area contributed by atoms with E-state index >= 15 is 0 Å². The maximum atomic E-state index is 13.0. The number of hydrogen-bond donors (Lipinski definition) is 2. The summed E-state index contributed by atoms with van der Waals surface area (Å²) in [7, 11) is 0. The van der Waals surface area contributed by atoms with Gasteiger partial charge in [-0.15, -0.1) is 0 Å². The van der Waals surface area contributed by atoms with Crippen molar-refractivity contribution in [1.29, 1.82) is 0 Å². The lowest BCUT2D eigenvalue weighted by atomic mass is 9.98. The number of nitrogens with one attached hydrogen (secondary N) is 1. The van der Waals surface area contributed by atoms with E-state index in [0.29, 0.717) is 18.0 Å². The molecule has 0 saturated heterocycles. The number of nitrogens with zero attached hydrogens (tertiary/aromatic N) is 2. The molecule has 192 valence electrons. The third kappa shape index (κ3) is 5.38. The van der Waals surface area contributed by atoms with Crippen LogP contribution >= 0.6 is 0 Å². The Morgan fingerprint density at radius 3 is 2.42 bits per heavy atom. The molecule has 1 unspecified atom stereocenters. The summed E-state index contributed by atoms with van der Waals surface area (Å²) in [4.78, 5) is 17.6. The van der Waals surface area contributed by atoms with E-state index in [2.05, 4.69) is 71.2 Å². The highest BCUT2D eigenvalue weighted by molar-refractivity contribution is 5.97. The Morgan fingerprint density at radius 2 is 1.66 bits per heavy atom. The van der Waals surface area contributed by atoms with Crippen molar-refractivity contribution in [3.8, 4) is 11.1 Å². The van der Waals surface area contributed by atoms with Gasteiger partial charge in [-0.2, -0.15) is 0 Å².